The summed E-state index contributed by atoms with van der Waals surface area (Å²) in [5, 5.41) is 8.33. The van der Waals surface area contributed by atoms with Gasteiger partial charge in [-0.1, -0.05) is 23.9 Å². The smallest absolute Gasteiger partial charge is 0.279 e. The molecule has 1 aromatic carbocycles. The molecule has 1 saturated heterocycles. The Labute approximate surface area is 110 Å². The van der Waals surface area contributed by atoms with E-state index in [0.29, 0.717) is 5.75 Å². The van der Waals surface area contributed by atoms with Crippen molar-refractivity contribution in [2.75, 3.05) is 18.1 Å². The van der Waals surface area contributed by atoms with Gasteiger partial charge in [0.2, 0.25) is 5.91 Å². The van der Waals surface area contributed by atoms with E-state index < -0.39 is 6.04 Å². The van der Waals surface area contributed by atoms with Gasteiger partial charge in [0.05, 0.1) is 0 Å². The molecule has 1 heterocycles. The molecule has 0 aliphatic carbocycles. The summed E-state index contributed by atoms with van der Waals surface area (Å²) in [7, 11) is 1.87. The second kappa shape index (κ2) is 5.88. The molecular weight excluding hydrogens is 250 g/mol. The van der Waals surface area contributed by atoms with E-state index in [9.17, 15) is 9.59 Å². The zero-order valence-corrected chi connectivity index (χ0v) is 10.8. The fourth-order valence-corrected chi connectivity index (χ4v) is 2.50. The molecule has 2 amide bonds. The second-order valence-electron chi connectivity index (χ2n) is 4.02. The highest BCUT2D eigenvalue weighted by molar-refractivity contribution is 8.14. The topological polar surface area (TPSA) is 70.2 Å². The molecule has 1 aliphatic heterocycles. The minimum absolute atomic E-state index is 0.140. The van der Waals surface area contributed by atoms with Crippen molar-refractivity contribution in [2.24, 2.45) is 0 Å². The Bertz CT molecular complexity index is 464. The summed E-state index contributed by atoms with van der Waals surface area (Å²) in [5.74, 6) is 0.316. The summed E-state index contributed by atoms with van der Waals surface area (Å²) in [5.41, 5.74) is 1.85. The third kappa shape index (κ3) is 3.24. The number of hydrogen-bond donors (Lipinski definition) is 3. The van der Waals surface area contributed by atoms with Gasteiger partial charge in [0.25, 0.3) is 5.24 Å². The number of amides is 2. The zero-order chi connectivity index (χ0) is 13.0. The molecule has 1 aromatic rings. The van der Waals surface area contributed by atoms with Crippen molar-refractivity contribution in [1.82, 2.24) is 10.6 Å². The van der Waals surface area contributed by atoms with Crippen molar-refractivity contribution >= 4 is 28.6 Å². The first kappa shape index (κ1) is 12.9. The van der Waals surface area contributed by atoms with Gasteiger partial charge in [0.15, 0.2) is 0 Å². The molecule has 0 spiro atoms. The van der Waals surface area contributed by atoms with Gasteiger partial charge in [0.1, 0.15) is 6.04 Å². The summed E-state index contributed by atoms with van der Waals surface area (Å²) < 4.78 is 0. The highest BCUT2D eigenvalue weighted by Crippen LogP contribution is 2.16. The van der Waals surface area contributed by atoms with E-state index >= 15 is 0 Å². The Morgan fingerprint density at radius 2 is 2.39 bits per heavy atom. The first-order chi connectivity index (χ1) is 8.69. The molecule has 0 saturated carbocycles. The number of hydrogen-bond acceptors (Lipinski definition) is 4. The van der Waals surface area contributed by atoms with Gasteiger partial charge in [-0.3, -0.25) is 9.59 Å². The van der Waals surface area contributed by atoms with Crippen LogP contribution in [0.1, 0.15) is 5.56 Å². The van der Waals surface area contributed by atoms with Gasteiger partial charge in [-0.25, -0.2) is 0 Å². The number of benzene rings is 1. The van der Waals surface area contributed by atoms with Gasteiger partial charge in [0, 0.05) is 18.0 Å². The molecular formula is C12H15N3O2S. The highest BCUT2D eigenvalue weighted by Gasteiger charge is 2.27. The lowest BCUT2D eigenvalue weighted by atomic mass is 10.2. The minimum atomic E-state index is -0.435. The second-order valence-corrected chi connectivity index (χ2v) is 5.01. The molecule has 1 fully saturated rings. The van der Waals surface area contributed by atoms with Crippen molar-refractivity contribution in [2.45, 2.75) is 12.6 Å². The average Bonchev–Trinajstić information content (AvgIpc) is 2.77. The monoisotopic (exact) mass is 265 g/mol. The van der Waals surface area contributed by atoms with E-state index in [1.807, 2.05) is 31.3 Å². The maximum absolute atomic E-state index is 11.9. The van der Waals surface area contributed by atoms with Crippen LogP contribution >= 0.6 is 11.8 Å². The van der Waals surface area contributed by atoms with Crippen LogP contribution in [0.3, 0.4) is 0 Å². The average molecular weight is 265 g/mol. The van der Waals surface area contributed by atoms with Crippen LogP contribution in [0.2, 0.25) is 0 Å². The molecule has 2 rings (SSSR count). The molecule has 96 valence electrons. The van der Waals surface area contributed by atoms with Crippen molar-refractivity contribution in [3.8, 4) is 0 Å². The largest absolute Gasteiger partial charge is 0.334 e. The van der Waals surface area contributed by atoms with Gasteiger partial charge in [-0.2, -0.15) is 0 Å². The fourth-order valence-electron chi connectivity index (χ4n) is 1.72. The Morgan fingerprint density at radius 3 is 3.06 bits per heavy atom. The first-order valence-corrected chi connectivity index (χ1v) is 6.65. The van der Waals surface area contributed by atoms with E-state index in [0.717, 1.165) is 29.6 Å². The summed E-state index contributed by atoms with van der Waals surface area (Å²) in [6, 6.07) is 7.19. The first-order valence-electron chi connectivity index (χ1n) is 5.67. The predicted molar refractivity (Wildman–Crippen MR) is 72.6 cm³/mol. The Kier molecular flexibility index (Phi) is 4.22. The standard InChI is InChI=1S/C12H15N3O2S/c1-13-6-8-3-2-4-9(5-8)14-11(16)10-7-18-12(17)15-10/h2-5,10,13H,6-7H2,1H3,(H,14,16)(H,15,17). The van der Waals surface area contributed by atoms with E-state index in [-0.39, 0.29) is 11.1 Å². The maximum Gasteiger partial charge on any atom is 0.279 e. The molecule has 1 atom stereocenters. The number of nitrogens with one attached hydrogen (secondary N) is 3. The summed E-state index contributed by atoms with van der Waals surface area (Å²) in [6.07, 6.45) is 0. The van der Waals surface area contributed by atoms with Crippen LogP contribution in [-0.4, -0.2) is 30.0 Å². The summed E-state index contributed by atoms with van der Waals surface area (Å²) >= 11 is 1.13. The van der Waals surface area contributed by atoms with Gasteiger partial charge < -0.3 is 16.0 Å². The molecule has 6 heteroatoms. The van der Waals surface area contributed by atoms with Crippen LogP contribution in [0, 0.1) is 0 Å². The summed E-state index contributed by atoms with van der Waals surface area (Å²) in [6.45, 7) is 0.750. The minimum Gasteiger partial charge on any atom is -0.334 e. The van der Waals surface area contributed by atoms with Crippen LogP contribution in [0.15, 0.2) is 24.3 Å². The lowest BCUT2D eigenvalue weighted by Crippen LogP contribution is -2.38. The van der Waals surface area contributed by atoms with Crippen LogP contribution in [0.5, 0.6) is 0 Å². The number of rotatable bonds is 4. The molecule has 3 N–H and O–H groups in total. The molecule has 0 bridgehead atoms. The van der Waals surface area contributed by atoms with Crippen molar-refractivity contribution in [1.29, 1.82) is 0 Å². The Hall–Kier alpha value is -1.53. The summed E-state index contributed by atoms with van der Waals surface area (Å²) in [4.78, 5) is 22.9. The number of anilines is 1. The van der Waals surface area contributed by atoms with Crippen LogP contribution in [-0.2, 0) is 11.3 Å². The third-order valence-corrected chi connectivity index (χ3v) is 3.45. The number of carbonyl (C=O) groups excluding carboxylic acids is 2. The normalized spacial score (nSPS) is 18.5. The fraction of sp³-hybridized carbons (Fsp3) is 0.333. The maximum atomic E-state index is 11.9. The lowest BCUT2D eigenvalue weighted by Gasteiger charge is -2.11. The molecule has 1 unspecified atom stereocenters. The molecule has 18 heavy (non-hydrogen) atoms. The van der Waals surface area contributed by atoms with E-state index in [1.54, 1.807) is 0 Å². The highest BCUT2D eigenvalue weighted by atomic mass is 32.2. The van der Waals surface area contributed by atoms with Crippen molar-refractivity contribution in [3.05, 3.63) is 29.8 Å². The van der Waals surface area contributed by atoms with E-state index in [1.165, 1.54) is 0 Å². The third-order valence-electron chi connectivity index (χ3n) is 2.57. The molecule has 0 radical (unpaired) electrons. The van der Waals surface area contributed by atoms with Crippen molar-refractivity contribution in [3.63, 3.8) is 0 Å². The lowest BCUT2D eigenvalue weighted by molar-refractivity contribution is -0.117. The zero-order valence-electron chi connectivity index (χ0n) is 10.0. The predicted octanol–water partition coefficient (Wildman–Crippen LogP) is 1.17. The van der Waals surface area contributed by atoms with Crippen LogP contribution in [0.4, 0.5) is 10.5 Å². The molecule has 1 aliphatic rings. The van der Waals surface area contributed by atoms with Crippen LogP contribution < -0.4 is 16.0 Å². The molecule has 0 aromatic heterocycles. The Morgan fingerprint density at radius 1 is 1.56 bits per heavy atom. The number of carbonyl (C=O) groups is 2. The van der Waals surface area contributed by atoms with Crippen molar-refractivity contribution < 1.29 is 9.59 Å². The SMILES string of the molecule is CNCc1cccc(NC(=O)C2CSC(=O)N2)c1. The van der Waals surface area contributed by atoms with E-state index in [2.05, 4.69) is 16.0 Å². The quantitative estimate of drug-likeness (QED) is 0.764. The Balaban J connectivity index is 1.98. The van der Waals surface area contributed by atoms with Gasteiger partial charge in [-0.05, 0) is 24.7 Å². The number of thioether (sulfide) groups is 1. The van der Waals surface area contributed by atoms with Crippen LogP contribution in [0.25, 0.3) is 0 Å². The van der Waals surface area contributed by atoms with Gasteiger partial charge in [-0.15, -0.1) is 0 Å². The van der Waals surface area contributed by atoms with E-state index in [4.69, 9.17) is 0 Å². The van der Waals surface area contributed by atoms with Gasteiger partial charge >= 0.3 is 0 Å². The molecule has 5 nitrogen and oxygen atoms in total.